The third kappa shape index (κ3) is 5.32. The Morgan fingerprint density at radius 3 is 2.74 bits per heavy atom. The predicted octanol–water partition coefficient (Wildman–Crippen LogP) is 3.47. The lowest BCUT2D eigenvalue weighted by Gasteiger charge is -2.28. The first-order valence-electron chi connectivity index (χ1n) is 9.09. The van der Waals surface area contributed by atoms with E-state index >= 15 is 0 Å². The number of sulfone groups is 1. The first kappa shape index (κ1) is 19.9. The topological polar surface area (TPSA) is 63.7 Å². The zero-order chi connectivity index (χ0) is 19.4. The summed E-state index contributed by atoms with van der Waals surface area (Å²) < 4.78 is 29.5. The molecular formula is C20H25NO4S2. The van der Waals surface area contributed by atoms with Crippen LogP contribution in [0.5, 0.6) is 5.75 Å². The lowest BCUT2D eigenvalue weighted by molar-refractivity contribution is -0.135. The van der Waals surface area contributed by atoms with Gasteiger partial charge in [-0.15, -0.1) is 11.3 Å². The van der Waals surface area contributed by atoms with Gasteiger partial charge in [-0.2, -0.15) is 0 Å². The minimum Gasteiger partial charge on any atom is -0.484 e. The highest BCUT2D eigenvalue weighted by atomic mass is 32.2. The lowest BCUT2D eigenvalue weighted by atomic mass is 10.0. The summed E-state index contributed by atoms with van der Waals surface area (Å²) in [6.45, 7) is 4.54. The molecule has 7 heteroatoms. The zero-order valence-corrected chi connectivity index (χ0v) is 17.3. The van der Waals surface area contributed by atoms with Crippen LogP contribution in [0.3, 0.4) is 0 Å². The highest BCUT2D eigenvalue weighted by Crippen LogP contribution is 2.23. The molecule has 1 aliphatic heterocycles. The van der Waals surface area contributed by atoms with Crippen LogP contribution in [-0.2, 0) is 21.2 Å². The fourth-order valence-electron chi connectivity index (χ4n) is 3.20. The Balaban J connectivity index is 1.70. The van der Waals surface area contributed by atoms with Crippen molar-refractivity contribution in [3.63, 3.8) is 0 Å². The summed E-state index contributed by atoms with van der Waals surface area (Å²) >= 11 is 1.56. The molecule has 2 heterocycles. The molecule has 3 rings (SSSR count). The average Bonchev–Trinajstić information content (AvgIpc) is 3.27. The van der Waals surface area contributed by atoms with Crippen LogP contribution in [0.15, 0.2) is 41.8 Å². The molecule has 0 saturated carbocycles. The summed E-state index contributed by atoms with van der Waals surface area (Å²) in [7, 11) is -3.07. The molecule has 1 aromatic heterocycles. The molecule has 1 aliphatic rings. The van der Waals surface area contributed by atoms with Crippen LogP contribution in [0.1, 0.15) is 36.6 Å². The molecule has 1 atom stereocenters. The van der Waals surface area contributed by atoms with Gasteiger partial charge in [0, 0.05) is 10.9 Å². The van der Waals surface area contributed by atoms with Gasteiger partial charge in [-0.05, 0) is 41.5 Å². The van der Waals surface area contributed by atoms with Crippen molar-refractivity contribution in [2.24, 2.45) is 0 Å². The quantitative estimate of drug-likeness (QED) is 0.705. The Labute approximate surface area is 164 Å². The molecule has 0 bridgehead atoms. The third-order valence-electron chi connectivity index (χ3n) is 4.76. The molecule has 1 fully saturated rings. The van der Waals surface area contributed by atoms with Crippen LogP contribution < -0.4 is 4.74 Å². The average molecular weight is 408 g/mol. The van der Waals surface area contributed by atoms with Gasteiger partial charge >= 0.3 is 0 Å². The van der Waals surface area contributed by atoms with Crippen molar-refractivity contribution >= 4 is 27.1 Å². The number of amides is 1. The van der Waals surface area contributed by atoms with E-state index in [2.05, 4.69) is 13.8 Å². The smallest absolute Gasteiger partial charge is 0.261 e. The monoisotopic (exact) mass is 407 g/mol. The van der Waals surface area contributed by atoms with Crippen molar-refractivity contribution in [1.29, 1.82) is 0 Å². The second kappa shape index (κ2) is 8.44. The van der Waals surface area contributed by atoms with Crippen molar-refractivity contribution in [2.75, 3.05) is 18.1 Å². The Morgan fingerprint density at radius 1 is 1.30 bits per heavy atom. The highest BCUT2D eigenvalue weighted by Gasteiger charge is 2.35. The van der Waals surface area contributed by atoms with Gasteiger partial charge < -0.3 is 9.64 Å². The van der Waals surface area contributed by atoms with Crippen molar-refractivity contribution in [3.8, 4) is 5.75 Å². The molecule has 1 unspecified atom stereocenters. The molecule has 0 spiro atoms. The number of benzene rings is 1. The summed E-state index contributed by atoms with van der Waals surface area (Å²) in [6, 6.07) is 11.3. The zero-order valence-electron chi connectivity index (χ0n) is 15.6. The van der Waals surface area contributed by atoms with Gasteiger partial charge in [0.15, 0.2) is 16.4 Å². The van der Waals surface area contributed by atoms with Crippen molar-refractivity contribution < 1.29 is 17.9 Å². The molecule has 146 valence electrons. The second-order valence-corrected chi connectivity index (χ2v) is 10.4. The SMILES string of the molecule is CC(C)c1cccc(OCC(=O)N(Cc2cccs2)C2CCS(=O)(=O)C2)c1. The highest BCUT2D eigenvalue weighted by molar-refractivity contribution is 7.91. The van der Waals surface area contributed by atoms with Gasteiger partial charge in [-0.3, -0.25) is 4.79 Å². The molecule has 1 aromatic carbocycles. The number of hydrogen-bond donors (Lipinski definition) is 0. The maximum absolute atomic E-state index is 12.9. The van der Waals surface area contributed by atoms with Gasteiger partial charge in [0.25, 0.3) is 5.91 Å². The van der Waals surface area contributed by atoms with E-state index in [1.54, 1.807) is 16.2 Å². The third-order valence-corrected chi connectivity index (χ3v) is 7.37. The van der Waals surface area contributed by atoms with Crippen LogP contribution in [-0.4, -0.2) is 43.4 Å². The largest absolute Gasteiger partial charge is 0.484 e. The lowest BCUT2D eigenvalue weighted by Crippen LogP contribution is -2.42. The van der Waals surface area contributed by atoms with Crippen molar-refractivity contribution in [2.45, 2.75) is 38.8 Å². The first-order chi connectivity index (χ1) is 12.8. The predicted molar refractivity (Wildman–Crippen MR) is 108 cm³/mol. The van der Waals surface area contributed by atoms with Crippen LogP contribution in [0.2, 0.25) is 0 Å². The Bertz CT molecular complexity index is 875. The number of hydrogen-bond acceptors (Lipinski definition) is 5. The van der Waals surface area contributed by atoms with Crippen LogP contribution in [0.25, 0.3) is 0 Å². The van der Waals surface area contributed by atoms with E-state index in [4.69, 9.17) is 4.74 Å². The number of ether oxygens (including phenoxy) is 1. The van der Waals surface area contributed by atoms with Gasteiger partial charge in [0.05, 0.1) is 18.1 Å². The number of rotatable bonds is 7. The van der Waals surface area contributed by atoms with E-state index in [1.807, 2.05) is 41.8 Å². The van der Waals surface area contributed by atoms with E-state index in [0.29, 0.717) is 24.6 Å². The fraction of sp³-hybridized carbons (Fsp3) is 0.450. The second-order valence-electron chi connectivity index (χ2n) is 7.17. The minimum atomic E-state index is -3.07. The minimum absolute atomic E-state index is 0.0347. The molecule has 0 aliphatic carbocycles. The molecule has 1 amide bonds. The normalized spacial score (nSPS) is 18.6. The number of carbonyl (C=O) groups is 1. The Morgan fingerprint density at radius 2 is 2.11 bits per heavy atom. The summed E-state index contributed by atoms with van der Waals surface area (Å²) in [5.41, 5.74) is 1.15. The molecule has 2 aromatic rings. The van der Waals surface area contributed by atoms with Crippen LogP contribution in [0, 0.1) is 0 Å². The van der Waals surface area contributed by atoms with E-state index in [0.717, 1.165) is 10.4 Å². The number of nitrogens with zero attached hydrogens (tertiary/aromatic N) is 1. The van der Waals surface area contributed by atoms with Gasteiger partial charge in [0.2, 0.25) is 0 Å². The van der Waals surface area contributed by atoms with E-state index in [9.17, 15) is 13.2 Å². The standard InChI is InChI=1S/C20H25NO4S2/c1-15(2)16-5-3-6-18(11-16)25-13-20(22)21(12-19-7-4-9-26-19)17-8-10-27(23,24)14-17/h3-7,9,11,15,17H,8,10,12-14H2,1-2H3. The number of thiophene rings is 1. The summed E-state index contributed by atoms with van der Waals surface area (Å²) in [5, 5.41) is 1.96. The molecule has 0 N–H and O–H groups in total. The molecule has 0 radical (unpaired) electrons. The molecular weight excluding hydrogens is 382 g/mol. The van der Waals surface area contributed by atoms with Gasteiger partial charge in [-0.1, -0.05) is 32.0 Å². The van der Waals surface area contributed by atoms with E-state index in [1.165, 1.54) is 0 Å². The van der Waals surface area contributed by atoms with Gasteiger partial charge in [0.1, 0.15) is 5.75 Å². The van der Waals surface area contributed by atoms with E-state index in [-0.39, 0.29) is 30.1 Å². The fourth-order valence-corrected chi connectivity index (χ4v) is 5.64. The number of carbonyl (C=O) groups excluding carboxylic acids is 1. The summed E-state index contributed by atoms with van der Waals surface area (Å²) in [6.07, 6.45) is 0.488. The summed E-state index contributed by atoms with van der Waals surface area (Å²) in [4.78, 5) is 15.6. The van der Waals surface area contributed by atoms with E-state index < -0.39 is 9.84 Å². The van der Waals surface area contributed by atoms with Crippen LogP contribution in [0.4, 0.5) is 0 Å². The van der Waals surface area contributed by atoms with Crippen LogP contribution >= 0.6 is 11.3 Å². The maximum Gasteiger partial charge on any atom is 0.261 e. The molecule has 27 heavy (non-hydrogen) atoms. The molecule has 5 nitrogen and oxygen atoms in total. The maximum atomic E-state index is 12.9. The Kier molecular flexibility index (Phi) is 6.22. The summed E-state index contributed by atoms with van der Waals surface area (Å²) in [5.74, 6) is 1.03. The Hall–Kier alpha value is -1.86. The van der Waals surface area contributed by atoms with Crippen molar-refractivity contribution in [1.82, 2.24) is 4.90 Å². The molecule has 1 saturated heterocycles. The van der Waals surface area contributed by atoms with Gasteiger partial charge in [-0.25, -0.2) is 8.42 Å². The first-order valence-corrected chi connectivity index (χ1v) is 11.8. The van der Waals surface area contributed by atoms with Crippen molar-refractivity contribution in [3.05, 3.63) is 52.2 Å².